The van der Waals surface area contributed by atoms with Gasteiger partial charge in [0, 0.05) is 28.4 Å². The summed E-state index contributed by atoms with van der Waals surface area (Å²) in [6.07, 6.45) is 0.338. The molecule has 1 aromatic heterocycles. The van der Waals surface area contributed by atoms with Crippen LogP contribution in [0.5, 0.6) is 11.5 Å². The summed E-state index contributed by atoms with van der Waals surface area (Å²) < 4.78 is 36.5. The fraction of sp³-hybridized carbons (Fsp3) is 0.250. The summed E-state index contributed by atoms with van der Waals surface area (Å²) in [5.74, 6) is 0.0923. The molecule has 0 saturated heterocycles. The molecule has 1 aromatic carbocycles. The summed E-state index contributed by atoms with van der Waals surface area (Å²) in [5.41, 5.74) is 0.286. The van der Waals surface area contributed by atoms with Crippen LogP contribution in [0.1, 0.15) is 15.2 Å². The van der Waals surface area contributed by atoms with E-state index in [1.165, 1.54) is 26.4 Å². The van der Waals surface area contributed by atoms with Gasteiger partial charge in [-0.2, -0.15) is 0 Å². The summed E-state index contributed by atoms with van der Waals surface area (Å²) in [6, 6.07) is 6.23. The predicted molar refractivity (Wildman–Crippen MR) is 112 cm³/mol. The predicted octanol–water partition coefficient (Wildman–Crippen LogP) is 2.40. The fourth-order valence-corrected chi connectivity index (χ4v) is 5.44. The van der Waals surface area contributed by atoms with Crippen molar-refractivity contribution in [2.45, 2.75) is 10.6 Å². The molecule has 0 radical (unpaired) electrons. The number of amides is 2. The van der Waals surface area contributed by atoms with E-state index in [1.807, 2.05) is 4.72 Å². The second-order valence-corrected chi connectivity index (χ2v) is 9.49. The topological polar surface area (TPSA) is 137 Å². The number of methoxy groups -OCH3 is 2. The number of hydrogen-bond donors (Lipinski definition) is 3. The van der Waals surface area contributed by atoms with Gasteiger partial charge in [-0.05, 0) is 30.7 Å². The lowest BCUT2D eigenvalue weighted by Crippen LogP contribution is -2.27. The van der Waals surface area contributed by atoms with Gasteiger partial charge in [-0.1, -0.05) is 11.6 Å². The number of thiophene rings is 1. The monoisotopic (exact) mass is 479 g/mol. The Balaban J connectivity index is 2.09. The Bertz CT molecular complexity index is 1010. The molecular weight excluding hydrogens is 462 g/mol. The second-order valence-electron chi connectivity index (χ2n) is 5.43. The molecule has 0 saturated carbocycles. The molecule has 2 rings (SSSR count). The summed E-state index contributed by atoms with van der Waals surface area (Å²) in [6.45, 7) is 0.225. The Morgan fingerprint density at radius 2 is 1.90 bits per heavy atom. The third-order valence-corrected chi connectivity index (χ3v) is 7.27. The molecule has 0 aliphatic carbocycles. The highest BCUT2D eigenvalue weighted by molar-refractivity contribution is 8.12. The summed E-state index contributed by atoms with van der Waals surface area (Å²) >= 11 is 7.11. The van der Waals surface area contributed by atoms with E-state index in [9.17, 15) is 18.0 Å². The number of carbonyl (C=O) groups is 2. The minimum absolute atomic E-state index is 0.0927. The van der Waals surface area contributed by atoms with Crippen LogP contribution in [0.3, 0.4) is 0 Å². The fourth-order valence-electron chi connectivity index (χ4n) is 2.29. The van der Waals surface area contributed by atoms with Crippen molar-refractivity contribution < 1.29 is 27.5 Å². The first-order valence-electron chi connectivity index (χ1n) is 7.93. The van der Waals surface area contributed by atoms with Gasteiger partial charge in [-0.3, -0.25) is 14.7 Å². The van der Waals surface area contributed by atoms with Crippen molar-refractivity contribution in [2.24, 2.45) is 5.14 Å². The standard InChI is InChI=1S/C16H18ClN3O6S3/c1-25-12-4-3-9(17)7-11(12)14(21)19-6-5-10-8-13(26-2)15(27-10)29(23,24)20-16(22)28-18/h3-4,7-8H,5-6,18H2,1-2H3,(H,19,21)(H,20,22). The Hall–Kier alpha value is -1.99. The molecule has 2 aromatic rings. The Morgan fingerprint density at radius 3 is 2.52 bits per heavy atom. The minimum Gasteiger partial charge on any atom is -0.496 e. The minimum atomic E-state index is -4.12. The molecule has 0 atom stereocenters. The number of nitrogens with one attached hydrogen (secondary N) is 2. The van der Waals surface area contributed by atoms with Crippen LogP contribution in [-0.2, 0) is 16.4 Å². The third-order valence-electron chi connectivity index (χ3n) is 3.57. The molecule has 1 heterocycles. The Kier molecular flexibility index (Phi) is 8.16. The van der Waals surface area contributed by atoms with Crippen LogP contribution in [0.2, 0.25) is 5.02 Å². The highest BCUT2D eigenvalue weighted by Gasteiger charge is 2.25. The number of rotatable bonds is 8. The Morgan fingerprint density at radius 1 is 1.21 bits per heavy atom. The van der Waals surface area contributed by atoms with E-state index in [0.717, 1.165) is 11.3 Å². The molecule has 4 N–H and O–H groups in total. The first kappa shape index (κ1) is 23.3. The smallest absolute Gasteiger partial charge is 0.307 e. The maximum Gasteiger partial charge on any atom is 0.307 e. The number of nitrogens with two attached hydrogens (primary N) is 1. The van der Waals surface area contributed by atoms with E-state index >= 15 is 0 Å². The maximum atomic E-state index is 12.4. The largest absolute Gasteiger partial charge is 0.496 e. The van der Waals surface area contributed by atoms with E-state index in [1.54, 1.807) is 12.1 Å². The van der Waals surface area contributed by atoms with E-state index in [2.05, 4.69) is 5.32 Å². The molecule has 0 spiro atoms. The molecule has 0 aliphatic heterocycles. The SMILES string of the molecule is COc1ccc(Cl)cc1C(=O)NCCc1cc(OC)c(S(=O)(=O)NC(=O)SN)s1. The molecule has 13 heteroatoms. The van der Waals surface area contributed by atoms with Gasteiger partial charge < -0.3 is 14.8 Å². The normalized spacial score (nSPS) is 11.0. The van der Waals surface area contributed by atoms with Crippen molar-refractivity contribution in [1.29, 1.82) is 0 Å². The van der Waals surface area contributed by atoms with Crippen LogP contribution in [0.4, 0.5) is 4.79 Å². The highest BCUT2D eigenvalue weighted by Crippen LogP contribution is 2.33. The zero-order chi connectivity index (χ0) is 21.6. The third kappa shape index (κ3) is 6.00. The van der Waals surface area contributed by atoms with Gasteiger partial charge in [0.15, 0.2) is 9.96 Å². The van der Waals surface area contributed by atoms with E-state index in [-0.39, 0.29) is 39.9 Å². The van der Waals surface area contributed by atoms with Gasteiger partial charge in [0.1, 0.15) is 5.75 Å². The molecule has 9 nitrogen and oxygen atoms in total. The van der Waals surface area contributed by atoms with Gasteiger partial charge in [0.2, 0.25) is 0 Å². The van der Waals surface area contributed by atoms with E-state index in [4.69, 9.17) is 26.2 Å². The first-order valence-corrected chi connectivity index (χ1v) is 11.5. The molecular formula is C16H18ClN3O6S3. The van der Waals surface area contributed by atoms with Gasteiger partial charge in [0.05, 0.1) is 19.8 Å². The molecule has 29 heavy (non-hydrogen) atoms. The zero-order valence-electron chi connectivity index (χ0n) is 15.4. The zero-order valence-corrected chi connectivity index (χ0v) is 18.6. The number of halogens is 1. The van der Waals surface area contributed by atoms with Gasteiger partial charge in [-0.15, -0.1) is 11.3 Å². The van der Waals surface area contributed by atoms with Crippen LogP contribution >= 0.6 is 34.9 Å². The summed E-state index contributed by atoms with van der Waals surface area (Å²) in [5, 5.41) is 7.27. The first-order chi connectivity index (χ1) is 13.7. The van der Waals surface area contributed by atoms with Crippen molar-refractivity contribution in [3.63, 3.8) is 0 Å². The number of benzene rings is 1. The molecule has 0 aliphatic rings. The number of sulfonamides is 1. The molecule has 0 bridgehead atoms. The van der Waals surface area contributed by atoms with Crippen molar-refractivity contribution in [3.05, 3.63) is 39.7 Å². The number of hydrogen-bond acceptors (Lipinski definition) is 9. The summed E-state index contributed by atoms with van der Waals surface area (Å²) in [7, 11) is -1.35. The summed E-state index contributed by atoms with van der Waals surface area (Å²) in [4.78, 5) is 24.3. The second kappa shape index (κ2) is 10.2. The van der Waals surface area contributed by atoms with Crippen LogP contribution in [0.15, 0.2) is 28.5 Å². The van der Waals surface area contributed by atoms with E-state index in [0.29, 0.717) is 22.1 Å². The number of ether oxygens (including phenoxy) is 2. The quantitative estimate of drug-likeness (QED) is 0.491. The van der Waals surface area contributed by atoms with Crippen LogP contribution in [-0.4, -0.2) is 40.3 Å². The lowest BCUT2D eigenvalue weighted by atomic mass is 10.2. The van der Waals surface area contributed by atoms with E-state index < -0.39 is 15.3 Å². The molecule has 0 unspecified atom stereocenters. The van der Waals surface area contributed by atoms with Crippen molar-refractivity contribution in [3.8, 4) is 11.5 Å². The lowest BCUT2D eigenvalue weighted by Gasteiger charge is -2.09. The average Bonchev–Trinajstić information content (AvgIpc) is 3.11. The van der Waals surface area contributed by atoms with Crippen molar-refractivity contribution >= 4 is 56.1 Å². The van der Waals surface area contributed by atoms with Crippen molar-refractivity contribution in [2.75, 3.05) is 20.8 Å². The van der Waals surface area contributed by atoms with Crippen LogP contribution in [0.25, 0.3) is 0 Å². The van der Waals surface area contributed by atoms with Gasteiger partial charge in [-0.25, -0.2) is 13.1 Å². The molecule has 158 valence electrons. The Labute approximate surface area is 181 Å². The lowest BCUT2D eigenvalue weighted by molar-refractivity contribution is 0.0951. The van der Waals surface area contributed by atoms with Gasteiger partial charge >= 0.3 is 5.24 Å². The van der Waals surface area contributed by atoms with Crippen LogP contribution in [0, 0.1) is 0 Å². The maximum absolute atomic E-state index is 12.4. The average molecular weight is 480 g/mol. The molecule has 2 amide bonds. The number of carbonyl (C=O) groups excluding carboxylic acids is 2. The highest BCUT2D eigenvalue weighted by atomic mass is 35.5. The van der Waals surface area contributed by atoms with Crippen molar-refractivity contribution in [1.82, 2.24) is 10.0 Å². The van der Waals surface area contributed by atoms with Crippen LogP contribution < -0.4 is 24.7 Å². The molecule has 0 fully saturated rings. The van der Waals surface area contributed by atoms with Gasteiger partial charge in [0.25, 0.3) is 15.9 Å².